The van der Waals surface area contributed by atoms with Crippen molar-refractivity contribution in [2.45, 2.75) is 66.5 Å². The van der Waals surface area contributed by atoms with Crippen LogP contribution in [0.3, 0.4) is 0 Å². The second kappa shape index (κ2) is 15.0. The molecule has 0 aromatic heterocycles. The molecule has 8 heteroatoms. The molecule has 0 fully saturated rings. The predicted octanol–water partition coefficient (Wildman–Crippen LogP) is 5.57. The number of anilines is 1. The Kier molecular flexibility index (Phi) is 11.7. The molecule has 7 nitrogen and oxygen atoms in total. The highest BCUT2D eigenvalue weighted by molar-refractivity contribution is 7.92. The fourth-order valence-electron chi connectivity index (χ4n) is 4.83. The molecule has 226 valence electrons. The summed E-state index contributed by atoms with van der Waals surface area (Å²) in [6.45, 7) is 10.9. The molecular formula is C34H45N3O4S. The van der Waals surface area contributed by atoms with E-state index in [9.17, 15) is 18.0 Å². The van der Waals surface area contributed by atoms with Crippen LogP contribution in [0.5, 0.6) is 0 Å². The Hall–Kier alpha value is -3.65. The van der Waals surface area contributed by atoms with E-state index in [1.165, 1.54) is 10.6 Å². The van der Waals surface area contributed by atoms with Crippen molar-refractivity contribution in [2.75, 3.05) is 23.7 Å². The fraction of sp³-hybridized carbons (Fsp3) is 0.412. The molecule has 3 aromatic carbocycles. The summed E-state index contributed by atoms with van der Waals surface area (Å²) in [7, 11) is -3.56. The SMILES string of the molecule is Cc1ccc(N(CCCC(=O)N(Cc2ccccc2C)[C@H](Cc2ccccc2)C(=O)NCC(C)C)S(C)(=O)=O)cc1C. The van der Waals surface area contributed by atoms with Crippen LogP contribution in [0.2, 0.25) is 0 Å². The molecule has 0 aliphatic heterocycles. The number of amides is 2. The Balaban J connectivity index is 1.89. The molecule has 3 aromatic rings. The van der Waals surface area contributed by atoms with Crippen LogP contribution in [0.4, 0.5) is 5.69 Å². The maximum absolute atomic E-state index is 14.0. The molecule has 0 spiro atoms. The molecule has 0 aliphatic rings. The molecule has 3 rings (SSSR count). The van der Waals surface area contributed by atoms with Gasteiger partial charge < -0.3 is 10.2 Å². The highest BCUT2D eigenvalue weighted by atomic mass is 32.2. The van der Waals surface area contributed by atoms with Crippen LogP contribution in [0.25, 0.3) is 0 Å². The van der Waals surface area contributed by atoms with Crippen molar-refractivity contribution in [3.63, 3.8) is 0 Å². The van der Waals surface area contributed by atoms with Crippen LogP contribution >= 0.6 is 0 Å². The number of carbonyl (C=O) groups is 2. The maximum Gasteiger partial charge on any atom is 0.243 e. The minimum Gasteiger partial charge on any atom is -0.354 e. The lowest BCUT2D eigenvalue weighted by Gasteiger charge is -2.32. The highest BCUT2D eigenvalue weighted by Gasteiger charge is 2.31. The van der Waals surface area contributed by atoms with E-state index < -0.39 is 16.1 Å². The van der Waals surface area contributed by atoms with Gasteiger partial charge in [-0.2, -0.15) is 0 Å². The molecule has 0 saturated heterocycles. The van der Waals surface area contributed by atoms with Gasteiger partial charge in [-0.1, -0.05) is 74.5 Å². The van der Waals surface area contributed by atoms with Gasteiger partial charge in [0.1, 0.15) is 6.04 Å². The zero-order valence-corrected chi connectivity index (χ0v) is 26.6. The fourth-order valence-corrected chi connectivity index (χ4v) is 5.79. The van der Waals surface area contributed by atoms with Gasteiger partial charge in [0.25, 0.3) is 0 Å². The Morgan fingerprint density at radius 1 is 0.857 bits per heavy atom. The first-order valence-corrected chi connectivity index (χ1v) is 16.4. The van der Waals surface area contributed by atoms with Crippen LogP contribution in [0, 0.1) is 26.7 Å². The maximum atomic E-state index is 14.0. The van der Waals surface area contributed by atoms with Gasteiger partial charge in [0, 0.05) is 32.5 Å². The zero-order valence-electron chi connectivity index (χ0n) is 25.8. The van der Waals surface area contributed by atoms with Gasteiger partial charge in [0.2, 0.25) is 21.8 Å². The second-order valence-electron chi connectivity index (χ2n) is 11.5. The van der Waals surface area contributed by atoms with Gasteiger partial charge in [-0.15, -0.1) is 0 Å². The number of aryl methyl sites for hydroxylation is 3. The summed E-state index contributed by atoms with van der Waals surface area (Å²) < 4.78 is 26.8. The molecule has 1 atom stereocenters. The van der Waals surface area contributed by atoms with Crippen molar-refractivity contribution in [2.24, 2.45) is 5.92 Å². The third-order valence-corrected chi connectivity index (χ3v) is 8.68. The monoisotopic (exact) mass is 591 g/mol. The Bertz CT molecular complexity index is 1450. The molecule has 0 heterocycles. The normalized spacial score (nSPS) is 12.2. The largest absolute Gasteiger partial charge is 0.354 e. The minimum atomic E-state index is -3.56. The Morgan fingerprint density at radius 3 is 2.14 bits per heavy atom. The van der Waals surface area contributed by atoms with Gasteiger partial charge in [0.15, 0.2) is 0 Å². The predicted molar refractivity (Wildman–Crippen MR) is 171 cm³/mol. The lowest BCUT2D eigenvalue weighted by atomic mass is 10.0. The summed E-state index contributed by atoms with van der Waals surface area (Å²) in [5, 5.41) is 3.04. The third-order valence-electron chi connectivity index (χ3n) is 7.49. The van der Waals surface area contributed by atoms with Crippen LogP contribution < -0.4 is 9.62 Å². The number of nitrogens with zero attached hydrogens (tertiary/aromatic N) is 2. The highest BCUT2D eigenvalue weighted by Crippen LogP contribution is 2.23. The van der Waals surface area contributed by atoms with Crippen molar-refractivity contribution in [3.8, 4) is 0 Å². The number of hydrogen-bond donors (Lipinski definition) is 1. The van der Waals surface area contributed by atoms with E-state index in [0.29, 0.717) is 25.1 Å². The number of nitrogens with one attached hydrogen (secondary N) is 1. The first-order valence-electron chi connectivity index (χ1n) is 14.6. The lowest BCUT2D eigenvalue weighted by molar-refractivity contribution is -0.141. The second-order valence-corrected chi connectivity index (χ2v) is 13.4. The summed E-state index contributed by atoms with van der Waals surface area (Å²) in [5.74, 6) is -0.117. The van der Waals surface area contributed by atoms with Gasteiger partial charge in [-0.05, 0) is 73.1 Å². The summed E-state index contributed by atoms with van der Waals surface area (Å²) in [5.41, 5.74) is 5.62. The van der Waals surface area contributed by atoms with Crippen molar-refractivity contribution >= 4 is 27.5 Å². The zero-order chi connectivity index (χ0) is 30.9. The molecule has 0 unspecified atom stereocenters. The van der Waals surface area contributed by atoms with Crippen LogP contribution in [0.1, 0.15) is 54.5 Å². The molecule has 1 N–H and O–H groups in total. The summed E-state index contributed by atoms with van der Waals surface area (Å²) in [6, 6.07) is 22.4. The molecular weight excluding hydrogens is 546 g/mol. The van der Waals surface area contributed by atoms with Crippen molar-refractivity contribution in [3.05, 3.63) is 101 Å². The number of rotatable bonds is 14. The van der Waals surface area contributed by atoms with Crippen LogP contribution in [0.15, 0.2) is 72.8 Å². The summed E-state index contributed by atoms with van der Waals surface area (Å²) in [4.78, 5) is 29.3. The summed E-state index contributed by atoms with van der Waals surface area (Å²) >= 11 is 0. The van der Waals surface area contributed by atoms with E-state index in [4.69, 9.17) is 0 Å². The molecule has 2 amide bonds. The quantitative estimate of drug-likeness (QED) is 0.266. The van der Waals surface area contributed by atoms with Crippen molar-refractivity contribution < 1.29 is 18.0 Å². The number of benzene rings is 3. The van der Waals surface area contributed by atoms with E-state index in [1.54, 1.807) is 11.0 Å². The van der Waals surface area contributed by atoms with E-state index >= 15 is 0 Å². The Labute approximate surface area is 252 Å². The van der Waals surface area contributed by atoms with Crippen LogP contribution in [-0.2, 0) is 32.6 Å². The molecule has 42 heavy (non-hydrogen) atoms. The average molecular weight is 592 g/mol. The number of hydrogen-bond acceptors (Lipinski definition) is 4. The van der Waals surface area contributed by atoms with E-state index in [1.807, 2.05) is 101 Å². The van der Waals surface area contributed by atoms with Gasteiger partial charge >= 0.3 is 0 Å². The van der Waals surface area contributed by atoms with Gasteiger partial charge in [-0.3, -0.25) is 13.9 Å². The Morgan fingerprint density at radius 2 is 1.52 bits per heavy atom. The minimum absolute atomic E-state index is 0.103. The first kappa shape index (κ1) is 32.9. The van der Waals surface area contributed by atoms with Crippen molar-refractivity contribution in [1.29, 1.82) is 0 Å². The molecule has 0 bridgehead atoms. The molecule has 0 aliphatic carbocycles. The lowest BCUT2D eigenvalue weighted by Crippen LogP contribution is -2.51. The van der Waals surface area contributed by atoms with Gasteiger partial charge in [-0.25, -0.2) is 8.42 Å². The third kappa shape index (κ3) is 9.44. The first-order chi connectivity index (χ1) is 19.9. The van der Waals surface area contributed by atoms with Crippen LogP contribution in [-0.4, -0.2) is 50.5 Å². The van der Waals surface area contributed by atoms with E-state index in [2.05, 4.69) is 5.32 Å². The number of carbonyl (C=O) groups excluding carboxylic acids is 2. The van der Waals surface area contributed by atoms with Gasteiger partial charge in [0.05, 0.1) is 11.9 Å². The topological polar surface area (TPSA) is 86.8 Å². The standard InChI is InChI=1S/C34H45N3O4S/c1-25(2)23-35-34(39)32(22-29-14-8-7-9-15-29)36(24-30-16-11-10-13-27(30)4)33(38)17-12-20-37(42(6,40)41)31-19-18-26(3)28(5)21-31/h7-11,13-16,18-19,21,25,32H,12,17,20,22-24H2,1-6H3,(H,35,39)/t32-/m1/s1. The molecule has 0 radical (unpaired) electrons. The molecule has 0 saturated carbocycles. The van der Waals surface area contributed by atoms with E-state index in [-0.39, 0.29) is 37.2 Å². The smallest absolute Gasteiger partial charge is 0.243 e. The summed E-state index contributed by atoms with van der Waals surface area (Å²) in [6.07, 6.45) is 1.98. The van der Waals surface area contributed by atoms with E-state index in [0.717, 1.165) is 27.8 Å². The average Bonchev–Trinajstić information content (AvgIpc) is 2.94. The van der Waals surface area contributed by atoms with Crippen molar-refractivity contribution in [1.82, 2.24) is 10.2 Å². The number of sulfonamides is 1.